The summed E-state index contributed by atoms with van der Waals surface area (Å²) in [4.78, 5) is 0. The predicted molar refractivity (Wildman–Crippen MR) is 58.6 cm³/mol. The lowest BCUT2D eigenvalue weighted by atomic mass is 10.1. The molecular weight excluding hydrogens is 214 g/mol. The van der Waals surface area contributed by atoms with E-state index in [4.69, 9.17) is 4.74 Å². The van der Waals surface area contributed by atoms with E-state index in [2.05, 4.69) is 5.32 Å². The molecule has 0 spiro atoms. The fourth-order valence-corrected chi connectivity index (χ4v) is 4.46. The smallest absolute Gasteiger partial charge is 0.154 e. The minimum absolute atomic E-state index is 0.00287. The SMILES string of the molecule is CO[C@@H]1CS(=O)(=O)C[C@H]1NC1CCCC1. The molecule has 5 heteroatoms. The molecule has 0 bridgehead atoms. The largest absolute Gasteiger partial charge is 0.379 e. The van der Waals surface area contributed by atoms with Gasteiger partial charge in [0.15, 0.2) is 9.84 Å². The third-order valence-corrected chi connectivity index (χ3v) is 5.11. The Morgan fingerprint density at radius 2 is 1.87 bits per heavy atom. The number of nitrogens with one attached hydrogen (secondary N) is 1. The van der Waals surface area contributed by atoms with Crippen molar-refractivity contribution in [1.29, 1.82) is 0 Å². The van der Waals surface area contributed by atoms with Gasteiger partial charge in [0.25, 0.3) is 0 Å². The maximum atomic E-state index is 11.5. The monoisotopic (exact) mass is 233 g/mol. The molecule has 2 fully saturated rings. The number of methoxy groups -OCH3 is 1. The maximum absolute atomic E-state index is 11.5. The molecule has 0 aromatic rings. The van der Waals surface area contributed by atoms with E-state index in [0.717, 1.165) is 0 Å². The van der Waals surface area contributed by atoms with Crippen molar-refractivity contribution in [3.63, 3.8) is 0 Å². The van der Waals surface area contributed by atoms with Crippen LogP contribution in [-0.4, -0.2) is 45.2 Å². The second-order valence-corrected chi connectivity index (χ2v) is 6.76. The minimum Gasteiger partial charge on any atom is -0.379 e. The lowest BCUT2D eigenvalue weighted by Crippen LogP contribution is -2.44. The zero-order valence-electron chi connectivity index (χ0n) is 9.11. The summed E-state index contributed by atoms with van der Waals surface area (Å²) in [5.74, 6) is 0.413. The van der Waals surface area contributed by atoms with Gasteiger partial charge in [-0.1, -0.05) is 12.8 Å². The van der Waals surface area contributed by atoms with Crippen molar-refractivity contribution in [2.75, 3.05) is 18.6 Å². The molecule has 1 heterocycles. The summed E-state index contributed by atoms with van der Waals surface area (Å²) in [6.07, 6.45) is 4.71. The van der Waals surface area contributed by atoms with Crippen molar-refractivity contribution in [1.82, 2.24) is 5.32 Å². The highest BCUT2D eigenvalue weighted by atomic mass is 32.2. The number of hydrogen-bond acceptors (Lipinski definition) is 4. The molecule has 1 aliphatic heterocycles. The van der Waals surface area contributed by atoms with Crippen LogP contribution in [0.15, 0.2) is 0 Å². The van der Waals surface area contributed by atoms with Gasteiger partial charge >= 0.3 is 0 Å². The van der Waals surface area contributed by atoms with Gasteiger partial charge in [-0.05, 0) is 12.8 Å². The van der Waals surface area contributed by atoms with Crippen molar-refractivity contribution in [3.8, 4) is 0 Å². The molecule has 0 aromatic heterocycles. The Balaban J connectivity index is 1.95. The topological polar surface area (TPSA) is 55.4 Å². The molecule has 0 amide bonds. The summed E-state index contributed by atoms with van der Waals surface area (Å²) in [7, 11) is -1.29. The van der Waals surface area contributed by atoms with Crippen molar-refractivity contribution in [2.24, 2.45) is 0 Å². The van der Waals surface area contributed by atoms with Gasteiger partial charge in [-0.25, -0.2) is 8.42 Å². The number of sulfone groups is 1. The molecule has 1 aliphatic carbocycles. The van der Waals surface area contributed by atoms with Gasteiger partial charge in [-0.2, -0.15) is 0 Å². The molecule has 2 rings (SSSR count). The first-order chi connectivity index (χ1) is 7.11. The molecule has 0 radical (unpaired) electrons. The summed E-state index contributed by atoms with van der Waals surface area (Å²) in [5, 5.41) is 3.43. The third-order valence-electron chi connectivity index (χ3n) is 3.41. The van der Waals surface area contributed by atoms with E-state index in [1.165, 1.54) is 25.7 Å². The summed E-state index contributed by atoms with van der Waals surface area (Å²) in [6, 6.07) is 0.504. The predicted octanol–water partition coefficient (Wildman–Crippen LogP) is 0.331. The first kappa shape index (κ1) is 11.4. The van der Waals surface area contributed by atoms with Gasteiger partial charge in [0.1, 0.15) is 0 Å². The molecule has 88 valence electrons. The maximum Gasteiger partial charge on any atom is 0.154 e. The van der Waals surface area contributed by atoms with Gasteiger partial charge in [0.2, 0.25) is 0 Å². The molecular formula is C10H19NO3S. The van der Waals surface area contributed by atoms with Gasteiger partial charge in [-0.15, -0.1) is 0 Å². The first-order valence-electron chi connectivity index (χ1n) is 5.60. The van der Waals surface area contributed by atoms with E-state index in [1.54, 1.807) is 7.11 Å². The highest BCUT2D eigenvalue weighted by molar-refractivity contribution is 7.91. The fraction of sp³-hybridized carbons (Fsp3) is 1.00. The molecule has 1 saturated carbocycles. The molecule has 15 heavy (non-hydrogen) atoms. The van der Waals surface area contributed by atoms with Gasteiger partial charge < -0.3 is 10.1 Å². The van der Waals surface area contributed by atoms with Crippen LogP contribution in [0.25, 0.3) is 0 Å². The Morgan fingerprint density at radius 1 is 1.20 bits per heavy atom. The van der Waals surface area contributed by atoms with Crippen LogP contribution in [0.5, 0.6) is 0 Å². The standard InChI is InChI=1S/C10H19NO3S/c1-14-10-7-15(12,13)6-9(10)11-8-4-2-3-5-8/h8-11H,2-7H2,1H3/t9-,10-/m1/s1. The van der Waals surface area contributed by atoms with Gasteiger partial charge in [0, 0.05) is 19.2 Å². The van der Waals surface area contributed by atoms with Gasteiger partial charge in [-0.3, -0.25) is 0 Å². The Bertz CT molecular complexity index is 309. The molecule has 2 aliphatic rings. The number of ether oxygens (including phenoxy) is 1. The summed E-state index contributed by atoms with van der Waals surface area (Å²) >= 11 is 0. The third kappa shape index (κ3) is 2.71. The highest BCUT2D eigenvalue weighted by Crippen LogP contribution is 2.22. The van der Waals surface area contributed by atoms with Crippen molar-refractivity contribution in [2.45, 2.75) is 43.9 Å². The quantitative estimate of drug-likeness (QED) is 0.763. The zero-order chi connectivity index (χ0) is 10.9. The molecule has 1 N–H and O–H groups in total. The molecule has 0 aromatic carbocycles. The van der Waals surface area contributed by atoms with Crippen molar-refractivity contribution >= 4 is 9.84 Å². The lowest BCUT2D eigenvalue weighted by Gasteiger charge is -2.22. The second kappa shape index (κ2) is 4.39. The Kier molecular flexibility index (Phi) is 3.33. The molecule has 1 saturated heterocycles. The van der Waals surface area contributed by atoms with Crippen LogP contribution < -0.4 is 5.32 Å². The average molecular weight is 233 g/mol. The highest BCUT2D eigenvalue weighted by Gasteiger charge is 2.38. The molecule has 2 atom stereocenters. The fourth-order valence-electron chi connectivity index (χ4n) is 2.60. The van der Waals surface area contributed by atoms with Crippen LogP contribution in [0.4, 0.5) is 0 Å². The Labute approximate surface area is 91.3 Å². The van der Waals surface area contributed by atoms with Crippen molar-refractivity contribution in [3.05, 3.63) is 0 Å². The van der Waals surface area contributed by atoms with Crippen LogP contribution in [0.3, 0.4) is 0 Å². The van der Waals surface area contributed by atoms with E-state index in [0.29, 0.717) is 6.04 Å². The van der Waals surface area contributed by atoms with Crippen LogP contribution in [0.1, 0.15) is 25.7 Å². The Morgan fingerprint density at radius 3 is 2.47 bits per heavy atom. The van der Waals surface area contributed by atoms with Crippen LogP contribution in [0.2, 0.25) is 0 Å². The second-order valence-electron chi connectivity index (χ2n) is 4.61. The van der Waals surface area contributed by atoms with E-state index in [9.17, 15) is 8.42 Å². The number of rotatable bonds is 3. The summed E-state index contributed by atoms with van der Waals surface area (Å²) in [6.45, 7) is 0. The molecule has 0 unspecified atom stereocenters. The zero-order valence-corrected chi connectivity index (χ0v) is 9.92. The van der Waals surface area contributed by atoms with Crippen LogP contribution >= 0.6 is 0 Å². The Hall–Kier alpha value is -0.130. The average Bonchev–Trinajstić information content (AvgIpc) is 2.74. The van der Waals surface area contributed by atoms with Crippen LogP contribution in [0, 0.1) is 0 Å². The van der Waals surface area contributed by atoms with Crippen molar-refractivity contribution < 1.29 is 13.2 Å². The normalized spacial score (nSPS) is 36.1. The summed E-state index contributed by atoms with van der Waals surface area (Å²) in [5.41, 5.74) is 0. The van der Waals surface area contributed by atoms with E-state index in [-0.39, 0.29) is 23.7 Å². The number of hydrogen-bond donors (Lipinski definition) is 1. The van der Waals surface area contributed by atoms with E-state index in [1.807, 2.05) is 0 Å². The van der Waals surface area contributed by atoms with Crippen LogP contribution in [-0.2, 0) is 14.6 Å². The summed E-state index contributed by atoms with van der Waals surface area (Å²) < 4.78 is 28.2. The van der Waals surface area contributed by atoms with Gasteiger partial charge in [0.05, 0.1) is 17.6 Å². The van der Waals surface area contributed by atoms with E-state index < -0.39 is 9.84 Å². The van der Waals surface area contributed by atoms with E-state index >= 15 is 0 Å². The minimum atomic E-state index is -2.89. The first-order valence-corrected chi connectivity index (χ1v) is 7.42. The lowest BCUT2D eigenvalue weighted by molar-refractivity contribution is 0.0951. The molecule has 4 nitrogen and oxygen atoms in total.